The Balaban J connectivity index is 2.31. The minimum Gasteiger partial charge on any atom is -0.330 e. The van der Waals surface area contributed by atoms with Crippen LogP contribution in [-0.4, -0.2) is 12.3 Å². The first kappa shape index (κ1) is 14.9. The lowest BCUT2D eigenvalue weighted by Crippen LogP contribution is -2.32. The molecule has 0 saturated heterocycles. The van der Waals surface area contributed by atoms with Gasteiger partial charge in [-0.05, 0) is 53.4 Å². The molecule has 2 N–H and O–H groups in total. The Kier molecular flexibility index (Phi) is 4.98. The largest absolute Gasteiger partial charge is 0.330 e. The third kappa shape index (κ3) is 3.01. The number of hydrogen-bond donors (Lipinski definition) is 1. The Bertz CT molecular complexity index is 495. The van der Waals surface area contributed by atoms with Gasteiger partial charge in [0.15, 0.2) is 11.6 Å². The minimum atomic E-state index is -0.637. The van der Waals surface area contributed by atoms with Crippen molar-refractivity contribution in [1.29, 1.82) is 0 Å². The quantitative estimate of drug-likeness (QED) is 0.657. The highest BCUT2D eigenvalue weighted by atomic mass is 79.9. The van der Waals surface area contributed by atoms with Gasteiger partial charge in [0.1, 0.15) is 0 Å². The van der Waals surface area contributed by atoms with Crippen molar-refractivity contribution in [2.45, 2.75) is 25.7 Å². The third-order valence-electron chi connectivity index (χ3n) is 3.85. The summed E-state index contributed by atoms with van der Waals surface area (Å²) >= 11 is 8.98. The van der Waals surface area contributed by atoms with Gasteiger partial charge in [-0.2, -0.15) is 0 Å². The van der Waals surface area contributed by atoms with Crippen molar-refractivity contribution in [1.82, 2.24) is 0 Å². The zero-order valence-corrected chi connectivity index (χ0v) is 12.8. The van der Waals surface area contributed by atoms with Crippen LogP contribution in [0.25, 0.3) is 0 Å². The van der Waals surface area contributed by atoms with Crippen molar-refractivity contribution in [3.63, 3.8) is 0 Å². The van der Waals surface area contributed by atoms with E-state index in [0.29, 0.717) is 11.0 Å². The fraction of sp³-hybridized carbons (Fsp3) is 0.500. The summed E-state index contributed by atoms with van der Waals surface area (Å²) in [5.41, 5.74) is 5.80. The summed E-state index contributed by atoms with van der Waals surface area (Å²) in [6, 6.07) is 3.11. The maximum atomic E-state index is 14.1. The van der Waals surface area contributed by atoms with Crippen LogP contribution in [-0.2, 0) is 0 Å². The monoisotopic (exact) mass is 347 g/mol. The highest BCUT2D eigenvalue weighted by Gasteiger charge is 2.32. The van der Waals surface area contributed by atoms with Gasteiger partial charge < -0.3 is 5.73 Å². The Labute approximate surface area is 125 Å². The van der Waals surface area contributed by atoms with Crippen LogP contribution in [0, 0.1) is 17.7 Å². The second kappa shape index (κ2) is 6.33. The van der Waals surface area contributed by atoms with Gasteiger partial charge in [-0.25, -0.2) is 4.39 Å². The number of hydrogen-bond acceptors (Lipinski definition) is 2. The van der Waals surface area contributed by atoms with Gasteiger partial charge in [0.25, 0.3) is 0 Å². The molecule has 0 amide bonds. The number of Topliss-reactive ketones (excluding diaryl/α,β-unsaturated/α-hetero) is 1. The topological polar surface area (TPSA) is 43.1 Å². The lowest BCUT2D eigenvalue weighted by molar-refractivity contribution is 0.0825. The van der Waals surface area contributed by atoms with Crippen molar-refractivity contribution in [2.75, 3.05) is 6.54 Å². The van der Waals surface area contributed by atoms with Crippen LogP contribution >= 0.6 is 27.5 Å². The molecule has 0 aromatic heterocycles. The molecule has 5 heteroatoms. The van der Waals surface area contributed by atoms with Gasteiger partial charge in [0, 0.05) is 10.4 Å². The van der Waals surface area contributed by atoms with Gasteiger partial charge in [0.2, 0.25) is 0 Å². The number of ketones is 1. The lowest BCUT2D eigenvalue weighted by Gasteiger charge is -2.29. The minimum absolute atomic E-state index is 0.0362. The van der Waals surface area contributed by atoms with Gasteiger partial charge in [-0.3, -0.25) is 4.79 Å². The molecular formula is C14H16BrClFNO. The maximum Gasteiger partial charge on any atom is 0.169 e. The van der Waals surface area contributed by atoms with Gasteiger partial charge in [-0.15, -0.1) is 0 Å². The lowest BCUT2D eigenvalue weighted by atomic mass is 9.75. The van der Waals surface area contributed by atoms with E-state index in [1.165, 1.54) is 6.07 Å². The summed E-state index contributed by atoms with van der Waals surface area (Å²) in [6.07, 6.45) is 3.82. The van der Waals surface area contributed by atoms with Crippen LogP contribution < -0.4 is 5.73 Å². The van der Waals surface area contributed by atoms with Gasteiger partial charge in [-0.1, -0.05) is 24.4 Å². The highest BCUT2D eigenvalue weighted by molar-refractivity contribution is 9.10. The van der Waals surface area contributed by atoms with Crippen molar-refractivity contribution in [2.24, 2.45) is 17.6 Å². The SMILES string of the molecule is NCC1CCCCC1C(=O)c1ccc(Br)c(Cl)c1F. The molecule has 2 rings (SSSR count). The molecule has 0 heterocycles. The van der Waals surface area contributed by atoms with Crippen molar-refractivity contribution in [3.05, 3.63) is 33.0 Å². The molecule has 0 radical (unpaired) electrons. The van der Waals surface area contributed by atoms with E-state index in [0.717, 1.165) is 25.7 Å². The van der Waals surface area contributed by atoms with E-state index in [1.54, 1.807) is 6.07 Å². The van der Waals surface area contributed by atoms with Crippen LogP contribution in [0.3, 0.4) is 0 Å². The summed E-state index contributed by atoms with van der Waals surface area (Å²) in [5, 5.41) is -0.0362. The highest BCUT2D eigenvalue weighted by Crippen LogP contribution is 2.34. The molecule has 2 unspecified atom stereocenters. The molecule has 2 nitrogen and oxygen atoms in total. The average Bonchev–Trinajstić information content (AvgIpc) is 2.44. The molecule has 1 aliphatic carbocycles. The smallest absolute Gasteiger partial charge is 0.169 e. The number of carbonyl (C=O) groups excluding carboxylic acids is 1. The molecule has 1 aromatic rings. The first-order chi connectivity index (χ1) is 9.06. The summed E-state index contributed by atoms with van der Waals surface area (Å²) in [7, 11) is 0. The van der Waals surface area contributed by atoms with E-state index in [2.05, 4.69) is 15.9 Å². The van der Waals surface area contributed by atoms with E-state index < -0.39 is 5.82 Å². The van der Waals surface area contributed by atoms with Crippen LogP contribution in [0.1, 0.15) is 36.0 Å². The summed E-state index contributed by atoms with van der Waals surface area (Å²) in [6.45, 7) is 0.474. The molecule has 1 aromatic carbocycles. The molecule has 1 aliphatic rings. The zero-order valence-electron chi connectivity index (χ0n) is 10.5. The predicted molar refractivity (Wildman–Crippen MR) is 77.9 cm³/mol. The molecule has 1 saturated carbocycles. The van der Waals surface area contributed by atoms with Crippen LogP contribution in [0.5, 0.6) is 0 Å². The standard InChI is InChI=1S/C14H16BrClFNO/c15-11-6-5-10(13(17)12(11)16)14(19)9-4-2-1-3-8(9)7-18/h5-6,8-9H,1-4,7,18H2. The second-order valence-electron chi connectivity index (χ2n) is 4.97. The molecule has 104 valence electrons. The van der Waals surface area contributed by atoms with E-state index in [-0.39, 0.29) is 28.2 Å². The fourth-order valence-electron chi connectivity index (χ4n) is 2.75. The summed E-state index contributed by atoms with van der Waals surface area (Å²) in [5.74, 6) is -0.821. The first-order valence-corrected chi connectivity index (χ1v) is 7.61. The maximum absolute atomic E-state index is 14.1. The Morgan fingerprint density at radius 2 is 2.11 bits per heavy atom. The number of benzene rings is 1. The van der Waals surface area contributed by atoms with Crippen LogP contribution in [0.2, 0.25) is 5.02 Å². The molecule has 1 fully saturated rings. The molecular weight excluding hydrogens is 333 g/mol. The number of halogens is 3. The first-order valence-electron chi connectivity index (χ1n) is 6.44. The Hall–Kier alpha value is -0.450. The Morgan fingerprint density at radius 1 is 1.42 bits per heavy atom. The number of carbonyl (C=O) groups is 1. The van der Waals surface area contributed by atoms with Crippen molar-refractivity contribution < 1.29 is 9.18 Å². The zero-order chi connectivity index (χ0) is 14.0. The number of rotatable bonds is 3. The average molecular weight is 349 g/mol. The third-order valence-corrected chi connectivity index (χ3v) is 5.11. The Morgan fingerprint density at radius 3 is 2.79 bits per heavy atom. The summed E-state index contributed by atoms with van der Waals surface area (Å²) < 4.78 is 14.5. The number of nitrogens with two attached hydrogens (primary N) is 1. The molecule has 2 atom stereocenters. The van der Waals surface area contributed by atoms with Crippen LogP contribution in [0.15, 0.2) is 16.6 Å². The van der Waals surface area contributed by atoms with E-state index >= 15 is 0 Å². The molecule has 0 aliphatic heterocycles. The van der Waals surface area contributed by atoms with Gasteiger partial charge >= 0.3 is 0 Å². The second-order valence-corrected chi connectivity index (χ2v) is 6.21. The van der Waals surface area contributed by atoms with Gasteiger partial charge in [0.05, 0.1) is 10.6 Å². The summed E-state index contributed by atoms with van der Waals surface area (Å²) in [4.78, 5) is 12.5. The van der Waals surface area contributed by atoms with E-state index in [9.17, 15) is 9.18 Å². The van der Waals surface area contributed by atoms with Crippen molar-refractivity contribution >= 4 is 33.3 Å². The van der Waals surface area contributed by atoms with Crippen LogP contribution in [0.4, 0.5) is 4.39 Å². The van der Waals surface area contributed by atoms with Crippen molar-refractivity contribution in [3.8, 4) is 0 Å². The molecule has 0 spiro atoms. The molecule has 0 bridgehead atoms. The fourth-order valence-corrected chi connectivity index (χ4v) is 3.22. The molecule has 19 heavy (non-hydrogen) atoms. The normalized spacial score (nSPS) is 23.4. The van der Waals surface area contributed by atoms with E-state index in [4.69, 9.17) is 17.3 Å². The predicted octanol–water partition coefficient (Wildman–Crippen LogP) is 4.19. The van der Waals surface area contributed by atoms with E-state index in [1.807, 2.05) is 0 Å².